The Morgan fingerprint density at radius 1 is 1.27 bits per heavy atom. The van der Waals surface area contributed by atoms with Crippen molar-refractivity contribution in [2.75, 3.05) is 16.8 Å². The average Bonchev–Trinajstić information content (AvgIpc) is 2.74. The Morgan fingerprint density at radius 2 is 1.96 bits per heavy atom. The molecule has 0 aromatic heterocycles. The van der Waals surface area contributed by atoms with Gasteiger partial charge < -0.3 is 15.5 Å². The number of fused-ring (bicyclic) bond motifs is 1. The normalized spacial score (nSPS) is 17.9. The molecular weight excluding hydrogens is 350 g/mol. The minimum Gasteiger partial charge on any atom is -0.333 e. The van der Waals surface area contributed by atoms with Gasteiger partial charge in [0.15, 0.2) is 6.54 Å². The third-order valence-electron chi connectivity index (χ3n) is 4.67. The Kier molecular flexibility index (Phi) is 5.59. The maximum Gasteiger partial charge on any atom is 0.282 e. The molecule has 1 aliphatic rings. The molecule has 1 heterocycles. The summed E-state index contributed by atoms with van der Waals surface area (Å²) in [5.74, 6) is -0.0824. The largest absolute Gasteiger partial charge is 0.333 e. The maximum atomic E-state index is 13.0. The fourth-order valence-corrected chi connectivity index (χ4v) is 3.37. The molecular formula is C20H23ClN3O2+. The van der Waals surface area contributed by atoms with Crippen LogP contribution in [0.3, 0.4) is 0 Å². The van der Waals surface area contributed by atoms with E-state index in [0.717, 1.165) is 11.3 Å². The molecule has 0 saturated heterocycles. The standard InChI is InChI=1S/C20H22ClN3O2/c1-13-11-19(25)23-17-5-3-4-6-18(17)24(13)20(26)12-22-14(2)15-7-9-16(21)10-8-15/h3-10,13-14,22H,11-12H2,1-2H3,(H,23,25)/p+1/t13-,14+/m0/s1. The van der Waals surface area contributed by atoms with Crippen LogP contribution < -0.4 is 15.5 Å². The van der Waals surface area contributed by atoms with Crippen LogP contribution in [0.2, 0.25) is 5.02 Å². The monoisotopic (exact) mass is 372 g/mol. The first-order chi connectivity index (χ1) is 12.5. The molecule has 3 N–H and O–H groups in total. The van der Waals surface area contributed by atoms with Gasteiger partial charge in [-0.1, -0.05) is 35.9 Å². The first kappa shape index (κ1) is 18.4. The maximum absolute atomic E-state index is 13.0. The van der Waals surface area contributed by atoms with Crippen molar-refractivity contribution in [2.45, 2.75) is 32.4 Å². The van der Waals surface area contributed by atoms with E-state index in [9.17, 15) is 9.59 Å². The minimum atomic E-state index is -0.189. The fourth-order valence-electron chi connectivity index (χ4n) is 3.25. The summed E-state index contributed by atoms with van der Waals surface area (Å²) in [6.07, 6.45) is 0.285. The smallest absolute Gasteiger partial charge is 0.282 e. The number of benzene rings is 2. The number of nitrogens with two attached hydrogens (primary N) is 1. The number of hydrogen-bond donors (Lipinski definition) is 2. The van der Waals surface area contributed by atoms with E-state index in [0.29, 0.717) is 17.3 Å². The van der Waals surface area contributed by atoms with Gasteiger partial charge in [0, 0.05) is 23.0 Å². The lowest BCUT2D eigenvalue weighted by molar-refractivity contribution is -0.682. The van der Waals surface area contributed by atoms with Crippen LogP contribution in [0, 0.1) is 0 Å². The van der Waals surface area contributed by atoms with Gasteiger partial charge in [0.1, 0.15) is 6.04 Å². The van der Waals surface area contributed by atoms with E-state index in [-0.39, 0.29) is 30.3 Å². The number of carbonyl (C=O) groups is 2. The Hall–Kier alpha value is -2.37. The van der Waals surface area contributed by atoms with E-state index in [1.165, 1.54) is 0 Å². The van der Waals surface area contributed by atoms with Crippen LogP contribution in [0.1, 0.15) is 31.9 Å². The SMILES string of the molecule is C[C@@H]([NH2+]CC(=O)N1c2ccccc2NC(=O)C[C@@H]1C)c1ccc(Cl)cc1. The van der Waals surface area contributed by atoms with Gasteiger partial charge in [0.25, 0.3) is 5.91 Å². The highest BCUT2D eigenvalue weighted by atomic mass is 35.5. The van der Waals surface area contributed by atoms with E-state index in [1.807, 2.05) is 60.8 Å². The summed E-state index contributed by atoms with van der Waals surface area (Å²) in [7, 11) is 0. The second-order valence-corrected chi connectivity index (χ2v) is 7.10. The molecule has 1 aliphatic heterocycles. The minimum absolute atomic E-state index is 0.0118. The molecule has 0 fully saturated rings. The highest BCUT2D eigenvalue weighted by Gasteiger charge is 2.30. The summed E-state index contributed by atoms with van der Waals surface area (Å²) in [5.41, 5.74) is 2.55. The van der Waals surface area contributed by atoms with Crippen molar-refractivity contribution in [1.82, 2.24) is 0 Å². The lowest BCUT2D eigenvalue weighted by atomic mass is 10.1. The van der Waals surface area contributed by atoms with Crippen molar-refractivity contribution in [2.24, 2.45) is 0 Å². The number of para-hydroxylation sites is 2. The van der Waals surface area contributed by atoms with E-state index >= 15 is 0 Å². The van der Waals surface area contributed by atoms with Crippen LogP contribution in [-0.2, 0) is 9.59 Å². The molecule has 0 bridgehead atoms. The number of halogens is 1. The summed E-state index contributed by atoms with van der Waals surface area (Å²) in [6, 6.07) is 15.0. The Bertz CT molecular complexity index is 807. The summed E-state index contributed by atoms with van der Waals surface area (Å²) in [6.45, 7) is 4.26. The molecule has 0 saturated carbocycles. The van der Waals surface area contributed by atoms with Crippen LogP contribution in [0.5, 0.6) is 0 Å². The fraction of sp³-hybridized carbons (Fsp3) is 0.300. The van der Waals surface area contributed by atoms with Crippen molar-refractivity contribution in [3.8, 4) is 0 Å². The van der Waals surface area contributed by atoms with Gasteiger partial charge in [-0.05, 0) is 38.1 Å². The molecule has 0 radical (unpaired) electrons. The average molecular weight is 373 g/mol. The third-order valence-corrected chi connectivity index (χ3v) is 4.92. The number of nitrogens with zero attached hydrogens (tertiary/aromatic N) is 1. The molecule has 2 aromatic rings. The molecule has 26 heavy (non-hydrogen) atoms. The van der Waals surface area contributed by atoms with Gasteiger partial charge in [-0.25, -0.2) is 0 Å². The van der Waals surface area contributed by atoms with E-state index in [4.69, 9.17) is 11.6 Å². The first-order valence-corrected chi connectivity index (χ1v) is 9.13. The van der Waals surface area contributed by atoms with Gasteiger partial charge in [-0.2, -0.15) is 0 Å². The van der Waals surface area contributed by atoms with E-state index in [2.05, 4.69) is 12.2 Å². The summed E-state index contributed by atoms with van der Waals surface area (Å²) >= 11 is 5.93. The van der Waals surface area contributed by atoms with Gasteiger partial charge in [-0.15, -0.1) is 0 Å². The van der Waals surface area contributed by atoms with E-state index < -0.39 is 0 Å². The topological polar surface area (TPSA) is 66.0 Å². The van der Waals surface area contributed by atoms with Gasteiger partial charge in [-0.3, -0.25) is 9.59 Å². The zero-order chi connectivity index (χ0) is 18.7. The van der Waals surface area contributed by atoms with Crippen molar-refractivity contribution >= 4 is 34.8 Å². The Morgan fingerprint density at radius 3 is 2.69 bits per heavy atom. The van der Waals surface area contributed by atoms with Gasteiger partial charge in [0.2, 0.25) is 5.91 Å². The summed E-state index contributed by atoms with van der Waals surface area (Å²) in [5, 5.41) is 5.58. The van der Waals surface area contributed by atoms with E-state index in [1.54, 1.807) is 4.90 Å². The molecule has 2 atom stereocenters. The van der Waals surface area contributed by atoms with Crippen LogP contribution in [0.4, 0.5) is 11.4 Å². The number of amides is 2. The van der Waals surface area contributed by atoms with Crippen LogP contribution in [0.25, 0.3) is 0 Å². The van der Waals surface area contributed by atoms with Crippen molar-refractivity contribution in [3.05, 3.63) is 59.1 Å². The number of quaternary nitrogens is 1. The molecule has 3 rings (SSSR count). The number of carbonyl (C=O) groups excluding carboxylic acids is 2. The molecule has 5 nitrogen and oxygen atoms in total. The number of rotatable bonds is 4. The summed E-state index contributed by atoms with van der Waals surface area (Å²) < 4.78 is 0. The zero-order valence-corrected chi connectivity index (χ0v) is 15.7. The van der Waals surface area contributed by atoms with Crippen LogP contribution in [-0.4, -0.2) is 24.4 Å². The van der Waals surface area contributed by atoms with Crippen molar-refractivity contribution in [3.63, 3.8) is 0 Å². The zero-order valence-electron chi connectivity index (χ0n) is 14.9. The number of nitrogens with one attached hydrogen (secondary N) is 1. The predicted molar refractivity (Wildman–Crippen MR) is 103 cm³/mol. The highest BCUT2D eigenvalue weighted by molar-refractivity contribution is 6.30. The predicted octanol–water partition coefficient (Wildman–Crippen LogP) is 2.73. The molecule has 2 aromatic carbocycles. The second kappa shape index (κ2) is 7.89. The lowest BCUT2D eigenvalue weighted by Gasteiger charge is -2.27. The van der Waals surface area contributed by atoms with Crippen LogP contribution >= 0.6 is 11.6 Å². The molecule has 2 amide bonds. The third kappa shape index (κ3) is 4.06. The molecule has 0 aliphatic carbocycles. The highest BCUT2D eigenvalue weighted by Crippen LogP contribution is 2.31. The molecule has 0 spiro atoms. The first-order valence-electron chi connectivity index (χ1n) is 8.75. The lowest BCUT2D eigenvalue weighted by Crippen LogP contribution is -2.87. The molecule has 0 unspecified atom stereocenters. The Balaban J connectivity index is 1.74. The van der Waals surface area contributed by atoms with Crippen molar-refractivity contribution < 1.29 is 14.9 Å². The number of anilines is 2. The molecule has 136 valence electrons. The molecule has 6 heteroatoms. The van der Waals surface area contributed by atoms with Crippen LogP contribution in [0.15, 0.2) is 48.5 Å². The summed E-state index contributed by atoms with van der Waals surface area (Å²) in [4.78, 5) is 26.7. The quantitative estimate of drug-likeness (QED) is 0.866. The Labute approximate surface area is 158 Å². The van der Waals surface area contributed by atoms with Crippen molar-refractivity contribution in [1.29, 1.82) is 0 Å². The second-order valence-electron chi connectivity index (χ2n) is 6.66. The number of hydrogen-bond acceptors (Lipinski definition) is 2. The van der Waals surface area contributed by atoms with Gasteiger partial charge in [0.05, 0.1) is 11.4 Å². The van der Waals surface area contributed by atoms with Gasteiger partial charge >= 0.3 is 0 Å².